The highest BCUT2D eigenvalue weighted by Gasteiger charge is 2.35. The summed E-state index contributed by atoms with van der Waals surface area (Å²) in [7, 11) is 2.44. The van der Waals surface area contributed by atoms with Crippen molar-refractivity contribution in [2.45, 2.75) is 6.18 Å². The van der Waals surface area contributed by atoms with Crippen molar-refractivity contribution in [3.63, 3.8) is 0 Å². The molecule has 8 nitrogen and oxygen atoms in total. The molecule has 0 radical (unpaired) electrons. The first-order valence-electron chi connectivity index (χ1n) is 8.25. The number of hydrogen-bond donors (Lipinski definition) is 1. The van der Waals surface area contributed by atoms with E-state index in [9.17, 15) is 31.9 Å². The second-order valence-electron chi connectivity index (χ2n) is 6.16. The third kappa shape index (κ3) is 4.46. The Labute approximate surface area is 179 Å². The maximum atomic E-state index is 14.5. The van der Waals surface area contributed by atoms with Crippen molar-refractivity contribution in [3.05, 3.63) is 71.9 Å². The van der Waals surface area contributed by atoms with Gasteiger partial charge in [-0.3, -0.25) is 9.36 Å². The zero-order chi connectivity index (χ0) is 23.1. The van der Waals surface area contributed by atoms with Crippen LogP contribution in [0.3, 0.4) is 0 Å². The normalized spacial score (nSPS) is 12.3. The van der Waals surface area contributed by atoms with Crippen LogP contribution in [0.4, 0.5) is 28.0 Å². The van der Waals surface area contributed by atoms with Crippen molar-refractivity contribution in [1.29, 1.82) is 0 Å². The zero-order valence-corrected chi connectivity index (χ0v) is 17.3. The number of aromatic nitrogens is 3. The first-order chi connectivity index (χ1) is 14.4. The van der Waals surface area contributed by atoms with Crippen LogP contribution in [-0.2, 0) is 20.3 Å². The number of alkyl halides is 3. The van der Waals surface area contributed by atoms with Crippen molar-refractivity contribution in [2.75, 3.05) is 5.32 Å². The monoisotopic (exact) mass is 477 g/mol. The van der Waals surface area contributed by atoms with Gasteiger partial charge in [0.1, 0.15) is 11.5 Å². The lowest BCUT2D eigenvalue weighted by Crippen LogP contribution is -2.41. The minimum absolute atomic E-state index is 0.166. The highest BCUT2D eigenvalue weighted by molar-refractivity contribution is 7.07. The molecule has 1 aromatic carbocycles. The number of nitrogens with zero attached hydrogens (tertiary/aromatic N) is 4. The number of carbonyl (C=O) groups is 1. The number of amides is 2. The molecule has 0 atom stereocenters. The number of urea groups is 1. The summed E-state index contributed by atoms with van der Waals surface area (Å²) >= 11 is 7.09. The molecule has 2 aromatic heterocycles. The molecule has 0 bridgehead atoms. The molecule has 31 heavy (non-hydrogen) atoms. The lowest BCUT2D eigenvalue weighted by Gasteiger charge is -2.15. The quantitative estimate of drug-likeness (QED) is 0.575. The molecule has 0 spiro atoms. The van der Waals surface area contributed by atoms with Gasteiger partial charge in [0, 0.05) is 31.7 Å². The Bertz CT molecular complexity index is 1370. The molecule has 3 aromatic rings. The first kappa shape index (κ1) is 22.5. The van der Waals surface area contributed by atoms with Gasteiger partial charge in [-0.05, 0) is 12.1 Å². The number of hydrogen-bond acceptors (Lipinski definition) is 4. The molecule has 2 amide bonds. The van der Waals surface area contributed by atoms with E-state index in [0.29, 0.717) is 10.9 Å². The first-order valence-corrected chi connectivity index (χ1v) is 9.51. The van der Waals surface area contributed by atoms with Crippen LogP contribution in [0.1, 0.15) is 5.69 Å². The topological polar surface area (TPSA) is 90.4 Å². The fourth-order valence-corrected chi connectivity index (χ4v) is 3.51. The summed E-state index contributed by atoms with van der Waals surface area (Å²) in [5.74, 6) is -1.16. The number of aryl methyl sites for hydroxylation is 1. The molecule has 0 aliphatic heterocycles. The van der Waals surface area contributed by atoms with E-state index in [2.05, 4.69) is 10.3 Å². The molecule has 14 heteroatoms. The van der Waals surface area contributed by atoms with Gasteiger partial charge in [-0.2, -0.15) is 18.2 Å². The van der Waals surface area contributed by atoms with Gasteiger partial charge < -0.3 is 9.88 Å². The van der Waals surface area contributed by atoms with E-state index in [1.165, 1.54) is 0 Å². The van der Waals surface area contributed by atoms with Gasteiger partial charge in [-0.1, -0.05) is 11.6 Å². The predicted octanol–water partition coefficient (Wildman–Crippen LogP) is 2.88. The summed E-state index contributed by atoms with van der Waals surface area (Å²) in [4.78, 5) is 40.9. The standard InChI is InChI=1S/C17H12ClF4N5O3S/c1-25-3-4-31-15(25)24-14(29)23-10-6-11(9(19)5-8(10)18)27-13(28)7-12(17(20,21)22)26(2)16(27)30/h3-7H,1-2H3,(H,23,29)/b24-15-. The maximum Gasteiger partial charge on any atom is 0.431 e. The Morgan fingerprint density at radius 1 is 1.19 bits per heavy atom. The molecule has 2 heterocycles. The van der Waals surface area contributed by atoms with E-state index in [1.807, 2.05) is 0 Å². The summed E-state index contributed by atoms with van der Waals surface area (Å²) in [6, 6.07) is 0.849. The lowest BCUT2D eigenvalue weighted by molar-refractivity contribution is -0.144. The van der Waals surface area contributed by atoms with E-state index >= 15 is 0 Å². The fourth-order valence-electron chi connectivity index (χ4n) is 2.59. The van der Waals surface area contributed by atoms with Crippen molar-refractivity contribution in [1.82, 2.24) is 13.7 Å². The third-order valence-corrected chi connectivity index (χ3v) is 5.25. The van der Waals surface area contributed by atoms with Crippen molar-refractivity contribution < 1.29 is 22.4 Å². The highest BCUT2D eigenvalue weighted by atomic mass is 35.5. The summed E-state index contributed by atoms with van der Waals surface area (Å²) in [6.07, 6.45) is -3.31. The van der Waals surface area contributed by atoms with Gasteiger partial charge in [0.05, 0.1) is 16.4 Å². The van der Waals surface area contributed by atoms with Crippen LogP contribution in [0, 0.1) is 5.82 Å². The van der Waals surface area contributed by atoms with Gasteiger partial charge >= 0.3 is 17.9 Å². The second kappa shape index (κ2) is 8.15. The third-order valence-electron chi connectivity index (χ3n) is 4.09. The Morgan fingerprint density at radius 2 is 1.87 bits per heavy atom. The molecule has 0 saturated heterocycles. The van der Waals surface area contributed by atoms with E-state index in [1.54, 1.807) is 23.2 Å². The van der Waals surface area contributed by atoms with Gasteiger partial charge in [0.25, 0.3) is 5.56 Å². The zero-order valence-electron chi connectivity index (χ0n) is 15.7. The van der Waals surface area contributed by atoms with E-state index in [0.717, 1.165) is 24.5 Å². The Morgan fingerprint density at radius 3 is 2.45 bits per heavy atom. The largest absolute Gasteiger partial charge is 0.431 e. The van der Waals surface area contributed by atoms with Crippen LogP contribution in [0.5, 0.6) is 0 Å². The summed E-state index contributed by atoms with van der Waals surface area (Å²) < 4.78 is 55.4. The molecule has 0 aliphatic carbocycles. The Kier molecular flexibility index (Phi) is 5.91. The minimum Gasteiger partial charge on any atom is -0.327 e. The average Bonchev–Trinajstić information content (AvgIpc) is 3.05. The average molecular weight is 478 g/mol. The Balaban J connectivity index is 2.12. The van der Waals surface area contributed by atoms with Crippen LogP contribution in [0.2, 0.25) is 5.02 Å². The van der Waals surface area contributed by atoms with Crippen LogP contribution < -0.4 is 21.4 Å². The molecular weight excluding hydrogens is 466 g/mol. The molecule has 1 N–H and O–H groups in total. The highest BCUT2D eigenvalue weighted by Crippen LogP contribution is 2.29. The molecule has 164 valence electrons. The Hall–Kier alpha value is -3.19. The van der Waals surface area contributed by atoms with Crippen LogP contribution in [0.25, 0.3) is 5.69 Å². The van der Waals surface area contributed by atoms with E-state index in [4.69, 9.17) is 11.6 Å². The number of benzene rings is 1. The molecule has 0 fully saturated rings. The second-order valence-corrected chi connectivity index (χ2v) is 7.44. The van der Waals surface area contributed by atoms with Gasteiger partial charge in [-0.15, -0.1) is 11.3 Å². The summed E-state index contributed by atoms with van der Waals surface area (Å²) in [6.45, 7) is 0. The van der Waals surface area contributed by atoms with Gasteiger partial charge in [-0.25, -0.2) is 18.5 Å². The molecule has 0 unspecified atom stereocenters. The van der Waals surface area contributed by atoms with Gasteiger partial charge in [0.2, 0.25) is 0 Å². The van der Waals surface area contributed by atoms with E-state index < -0.39 is 40.7 Å². The van der Waals surface area contributed by atoms with Crippen molar-refractivity contribution in [3.8, 4) is 5.69 Å². The lowest BCUT2D eigenvalue weighted by atomic mass is 10.2. The molecular formula is C17H12ClF4N5O3S. The number of thiazole rings is 1. The maximum absolute atomic E-state index is 14.5. The van der Waals surface area contributed by atoms with Crippen LogP contribution in [0.15, 0.2) is 44.4 Å². The molecule has 0 saturated carbocycles. The minimum atomic E-state index is -4.97. The van der Waals surface area contributed by atoms with E-state index in [-0.39, 0.29) is 25.9 Å². The summed E-state index contributed by atoms with van der Waals surface area (Å²) in [5.41, 5.74) is -5.25. The van der Waals surface area contributed by atoms with Crippen molar-refractivity contribution >= 4 is 34.7 Å². The molecule has 0 aliphatic rings. The number of rotatable bonds is 2. The molecule has 3 rings (SSSR count). The number of halogens is 5. The van der Waals surface area contributed by atoms with Gasteiger partial charge in [0.15, 0.2) is 4.80 Å². The number of anilines is 1. The number of nitrogens with one attached hydrogen (secondary N) is 1. The number of carbonyl (C=O) groups excluding carboxylic acids is 1. The van der Waals surface area contributed by atoms with Crippen LogP contribution in [-0.4, -0.2) is 19.7 Å². The van der Waals surface area contributed by atoms with Crippen molar-refractivity contribution in [2.24, 2.45) is 19.1 Å². The summed E-state index contributed by atoms with van der Waals surface area (Å²) in [5, 5.41) is 3.69. The fraction of sp³-hybridized carbons (Fsp3) is 0.176. The van der Waals surface area contributed by atoms with Crippen LogP contribution >= 0.6 is 22.9 Å². The smallest absolute Gasteiger partial charge is 0.327 e. The SMILES string of the molecule is Cn1c(C(F)(F)F)cc(=O)n(-c2cc(NC(=O)/N=c3\sccn3C)c(Cl)cc2F)c1=O. The predicted molar refractivity (Wildman–Crippen MR) is 105 cm³/mol.